The molecule has 0 aliphatic heterocycles. The van der Waals surface area contributed by atoms with Gasteiger partial charge in [0.1, 0.15) is 12.7 Å². The maximum Gasteiger partial charge on any atom is 0.472 e. The average molecular weight is 540 g/mol. The van der Waals surface area contributed by atoms with E-state index in [1.165, 1.54) is 19.3 Å². The number of carbonyl (C=O) groups is 3. The van der Waals surface area contributed by atoms with Crippen molar-refractivity contribution in [2.45, 2.75) is 116 Å². The first-order valence-electron chi connectivity index (χ1n) is 13.1. The molecule has 12 heteroatoms. The first-order valence-corrected chi connectivity index (χ1v) is 14.6. The highest BCUT2D eigenvalue weighted by molar-refractivity contribution is 7.47. The number of carboxylic acid groups (broad SMARTS) is 1. The molecule has 0 aromatic rings. The number of esters is 1. The molecule has 11 nitrogen and oxygen atoms in total. The predicted octanol–water partition coefficient (Wildman–Crippen LogP) is 4.09. The number of rotatable bonds is 24. The minimum Gasteiger partial charge on any atom is -0.480 e. The third-order valence-corrected chi connectivity index (χ3v) is 6.35. The number of hydrogen-bond acceptors (Lipinski definition) is 8. The Balaban J connectivity index is 4.14. The molecule has 3 unspecified atom stereocenters. The van der Waals surface area contributed by atoms with E-state index in [2.05, 4.69) is 28.2 Å². The van der Waals surface area contributed by atoms with Crippen LogP contribution in [0.25, 0.3) is 0 Å². The number of aliphatic hydroxyl groups is 1. The largest absolute Gasteiger partial charge is 0.480 e. The van der Waals surface area contributed by atoms with Gasteiger partial charge in [-0.2, -0.15) is 0 Å². The molecule has 0 aromatic carbocycles. The number of carbonyl (C=O) groups excluding carboxylic acids is 2. The molecule has 212 valence electrons. The normalized spacial score (nSPS) is 14.6. The van der Waals surface area contributed by atoms with Gasteiger partial charge in [-0.1, -0.05) is 78.1 Å². The van der Waals surface area contributed by atoms with E-state index in [1.54, 1.807) is 0 Å². The SMILES string of the molecule is CCCCCCCCCC(=O)OCC(O)COP(=O)(O)OCC(NC(=O)CCCCCCC)C(=O)O. The Bertz CT molecular complexity index is 661. The first kappa shape index (κ1) is 34.5. The van der Waals surface area contributed by atoms with Crippen molar-refractivity contribution in [2.75, 3.05) is 19.8 Å². The van der Waals surface area contributed by atoms with E-state index >= 15 is 0 Å². The standard InChI is InChI=1S/C24H46NO10P/c1-3-5-7-9-10-12-14-16-23(28)33-17-20(26)18-34-36(31,32)35-19-21(24(29)30)25-22(27)15-13-11-8-6-4-2/h20-21,26H,3-19H2,1-2H3,(H,25,27)(H,29,30)(H,31,32). The molecule has 36 heavy (non-hydrogen) atoms. The van der Waals surface area contributed by atoms with E-state index in [0.717, 1.165) is 44.9 Å². The van der Waals surface area contributed by atoms with Crippen molar-refractivity contribution in [3.05, 3.63) is 0 Å². The number of hydrogen-bond donors (Lipinski definition) is 4. The molecule has 0 saturated heterocycles. The summed E-state index contributed by atoms with van der Waals surface area (Å²) in [5, 5.41) is 21.3. The van der Waals surface area contributed by atoms with Crippen LogP contribution in [0.15, 0.2) is 0 Å². The fraction of sp³-hybridized carbons (Fsp3) is 0.875. The van der Waals surface area contributed by atoms with Gasteiger partial charge in [-0.3, -0.25) is 18.6 Å². The molecule has 0 radical (unpaired) electrons. The maximum absolute atomic E-state index is 12.0. The van der Waals surface area contributed by atoms with E-state index in [9.17, 15) is 34.1 Å². The Hall–Kier alpha value is -1.52. The second-order valence-corrected chi connectivity index (χ2v) is 10.3. The Labute approximate surface area is 214 Å². The van der Waals surface area contributed by atoms with Crippen LogP contribution in [0.1, 0.15) is 104 Å². The summed E-state index contributed by atoms with van der Waals surface area (Å²) in [6.45, 7) is 2.34. The number of ether oxygens (including phenoxy) is 1. The van der Waals surface area contributed by atoms with Gasteiger partial charge in [-0.05, 0) is 12.8 Å². The molecule has 0 aromatic heterocycles. The van der Waals surface area contributed by atoms with Crippen LogP contribution >= 0.6 is 7.82 Å². The topological polar surface area (TPSA) is 169 Å². The summed E-state index contributed by atoms with van der Waals surface area (Å²) in [6, 6.07) is -1.53. The first-order chi connectivity index (χ1) is 17.1. The Kier molecular flexibility index (Phi) is 20.6. The lowest BCUT2D eigenvalue weighted by Gasteiger charge is -2.18. The maximum atomic E-state index is 12.0. The number of aliphatic hydroxyl groups excluding tert-OH is 1. The van der Waals surface area contributed by atoms with Gasteiger partial charge in [0.15, 0.2) is 6.04 Å². The zero-order valence-corrected chi connectivity index (χ0v) is 22.7. The third kappa shape index (κ3) is 20.7. The second-order valence-electron chi connectivity index (χ2n) is 8.89. The number of phosphoric acid groups is 1. The van der Waals surface area contributed by atoms with E-state index in [-0.39, 0.29) is 12.8 Å². The van der Waals surface area contributed by atoms with Crippen molar-refractivity contribution in [3.63, 3.8) is 0 Å². The number of amides is 1. The highest BCUT2D eigenvalue weighted by atomic mass is 31.2. The van der Waals surface area contributed by atoms with Crippen molar-refractivity contribution in [1.82, 2.24) is 5.32 Å². The van der Waals surface area contributed by atoms with Crippen LogP contribution in [0.3, 0.4) is 0 Å². The smallest absolute Gasteiger partial charge is 0.472 e. The van der Waals surface area contributed by atoms with Gasteiger partial charge in [-0.15, -0.1) is 0 Å². The Morgan fingerprint density at radius 2 is 1.28 bits per heavy atom. The molecule has 0 saturated carbocycles. The molecule has 3 atom stereocenters. The zero-order chi connectivity index (χ0) is 27.2. The van der Waals surface area contributed by atoms with Crippen molar-refractivity contribution in [2.24, 2.45) is 0 Å². The fourth-order valence-electron chi connectivity index (χ4n) is 3.25. The van der Waals surface area contributed by atoms with Crippen LogP contribution in [0, 0.1) is 0 Å². The summed E-state index contributed by atoms with van der Waals surface area (Å²) in [6.07, 6.45) is 11.0. The molecule has 0 aliphatic carbocycles. The predicted molar refractivity (Wildman–Crippen MR) is 134 cm³/mol. The highest BCUT2D eigenvalue weighted by Gasteiger charge is 2.28. The number of aliphatic carboxylic acids is 1. The van der Waals surface area contributed by atoms with Crippen LogP contribution in [-0.2, 0) is 32.7 Å². The van der Waals surface area contributed by atoms with Gasteiger partial charge in [0, 0.05) is 12.8 Å². The van der Waals surface area contributed by atoms with E-state index in [4.69, 9.17) is 4.74 Å². The molecular formula is C24H46NO10P. The Morgan fingerprint density at radius 1 is 0.778 bits per heavy atom. The summed E-state index contributed by atoms with van der Waals surface area (Å²) >= 11 is 0. The number of phosphoric ester groups is 1. The van der Waals surface area contributed by atoms with Gasteiger partial charge in [0.05, 0.1) is 13.2 Å². The fourth-order valence-corrected chi connectivity index (χ4v) is 4.02. The molecule has 0 bridgehead atoms. The van der Waals surface area contributed by atoms with Gasteiger partial charge in [-0.25, -0.2) is 9.36 Å². The minimum atomic E-state index is -4.71. The van der Waals surface area contributed by atoms with Crippen LogP contribution < -0.4 is 5.32 Å². The molecule has 1 amide bonds. The summed E-state index contributed by atoms with van der Waals surface area (Å²) in [5.74, 6) is -2.40. The number of unbranched alkanes of at least 4 members (excludes halogenated alkanes) is 10. The number of carboxylic acids is 1. The van der Waals surface area contributed by atoms with Crippen molar-refractivity contribution < 1.29 is 47.8 Å². The van der Waals surface area contributed by atoms with Gasteiger partial charge in [0.25, 0.3) is 0 Å². The lowest BCUT2D eigenvalue weighted by atomic mass is 10.1. The van der Waals surface area contributed by atoms with E-state index in [1.807, 2.05) is 0 Å². The van der Waals surface area contributed by atoms with Crippen LogP contribution in [0.2, 0.25) is 0 Å². The van der Waals surface area contributed by atoms with Crippen molar-refractivity contribution >= 4 is 25.7 Å². The summed E-state index contributed by atoms with van der Waals surface area (Å²) in [5.41, 5.74) is 0. The van der Waals surface area contributed by atoms with Gasteiger partial charge >= 0.3 is 19.8 Å². The van der Waals surface area contributed by atoms with Crippen LogP contribution in [0.5, 0.6) is 0 Å². The van der Waals surface area contributed by atoms with Gasteiger partial charge < -0.3 is 25.2 Å². The minimum absolute atomic E-state index is 0.144. The van der Waals surface area contributed by atoms with Crippen molar-refractivity contribution in [3.8, 4) is 0 Å². The van der Waals surface area contributed by atoms with E-state index < -0.39 is 57.6 Å². The number of nitrogens with one attached hydrogen (secondary N) is 1. The molecule has 0 rings (SSSR count). The van der Waals surface area contributed by atoms with Crippen molar-refractivity contribution in [1.29, 1.82) is 0 Å². The summed E-state index contributed by atoms with van der Waals surface area (Å²) in [7, 11) is -4.71. The molecule has 0 fully saturated rings. The lowest BCUT2D eigenvalue weighted by Crippen LogP contribution is -2.43. The van der Waals surface area contributed by atoms with Gasteiger partial charge in [0.2, 0.25) is 5.91 Å². The summed E-state index contributed by atoms with van der Waals surface area (Å²) in [4.78, 5) is 44.7. The monoisotopic (exact) mass is 539 g/mol. The van der Waals surface area contributed by atoms with Crippen LogP contribution in [-0.4, -0.2) is 64.9 Å². The van der Waals surface area contributed by atoms with E-state index in [0.29, 0.717) is 12.8 Å². The molecule has 0 spiro atoms. The molecular weight excluding hydrogens is 493 g/mol. The second kappa shape index (κ2) is 21.6. The highest BCUT2D eigenvalue weighted by Crippen LogP contribution is 2.43. The Morgan fingerprint density at radius 3 is 1.83 bits per heavy atom. The quantitative estimate of drug-likeness (QED) is 0.0796. The van der Waals surface area contributed by atoms with Crippen LogP contribution in [0.4, 0.5) is 0 Å². The summed E-state index contributed by atoms with van der Waals surface area (Å²) < 4.78 is 26.2. The molecule has 0 heterocycles. The zero-order valence-electron chi connectivity index (χ0n) is 21.8. The third-order valence-electron chi connectivity index (χ3n) is 5.40. The molecule has 0 aliphatic rings. The average Bonchev–Trinajstić information content (AvgIpc) is 2.83. The lowest BCUT2D eigenvalue weighted by molar-refractivity contribution is -0.147. The molecule has 4 N–H and O–H groups in total.